The normalized spacial score (nSPS) is 15.1. The highest BCUT2D eigenvalue weighted by molar-refractivity contribution is 5.19. The first-order valence-electron chi connectivity index (χ1n) is 4.38. The molecule has 0 bridgehead atoms. The number of nitrogens with two attached hydrogens (primary N) is 1. The molecule has 1 aromatic rings. The van der Waals surface area contributed by atoms with Crippen LogP contribution in [0.2, 0.25) is 0 Å². The third kappa shape index (κ3) is 2.51. The summed E-state index contributed by atoms with van der Waals surface area (Å²) in [6.45, 7) is -0.574. The maximum atomic E-state index is 13.2. The highest BCUT2D eigenvalue weighted by Crippen LogP contribution is 2.14. The monoisotopic (exact) mass is 199 g/mol. The largest absolute Gasteiger partial charge is 0.393 e. The Morgan fingerprint density at radius 1 is 1.36 bits per heavy atom. The number of hydrogen-bond donors (Lipinski definition) is 3. The van der Waals surface area contributed by atoms with Gasteiger partial charge in [-0.2, -0.15) is 0 Å². The number of hydrogen-bond acceptors (Lipinski definition) is 3. The second-order valence-electron chi connectivity index (χ2n) is 3.35. The van der Waals surface area contributed by atoms with E-state index in [1.165, 1.54) is 6.07 Å². The highest BCUT2D eigenvalue weighted by atomic mass is 19.1. The SMILES string of the molecule is NCC(O)(CO)Cc1ccccc1F. The van der Waals surface area contributed by atoms with E-state index in [1.807, 2.05) is 0 Å². The predicted octanol–water partition coefficient (Wildman–Crippen LogP) is 0.0503. The van der Waals surface area contributed by atoms with Crippen LogP contribution >= 0.6 is 0 Å². The summed E-state index contributed by atoms with van der Waals surface area (Å²) in [7, 11) is 0. The number of aliphatic hydroxyl groups excluding tert-OH is 1. The number of aliphatic hydroxyl groups is 2. The van der Waals surface area contributed by atoms with Crippen LogP contribution in [0.3, 0.4) is 0 Å². The van der Waals surface area contributed by atoms with Crippen molar-refractivity contribution in [2.45, 2.75) is 12.0 Å². The van der Waals surface area contributed by atoms with Gasteiger partial charge >= 0.3 is 0 Å². The first-order chi connectivity index (χ1) is 6.61. The van der Waals surface area contributed by atoms with Gasteiger partial charge in [-0.3, -0.25) is 0 Å². The molecule has 0 saturated heterocycles. The van der Waals surface area contributed by atoms with Crippen molar-refractivity contribution >= 4 is 0 Å². The fraction of sp³-hybridized carbons (Fsp3) is 0.400. The molecular formula is C10H14FNO2. The number of rotatable bonds is 4. The van der Waals surface area contributed by atoms with Gasteiger partial charge in [0.25, 0.3) is 0 Å². The first kappa shape index (κ1) is 11.1. The number of benzene rings is 1. The molecule has 1 atom stereocenters. The standard InChI is InChI=1S/C10H14FNO2/c11-9-4-2-1-3-8(9)5-10(14,6-12)7-13/h1-4,13-14H,5-7,12H2. The van der Waals surface area contributed by atoms with E-state index in [0.29, 0.717) is 5.56 Å². The van der Waals surface area contributed by atoms with Gasteiger partial charge < -0.3 is 15.9 Å². The Balaban J connectivity index is 2.82. The second-order valence-corrected chi connectivity index (χ2v) is 3.35. The molecule has 4 heteroatoms. The zero-order chi connectivity index (χ0) is 10.6. The van der Waals surface area contributed by atoms with Crippen molar-refractivity contribution in [3.8, 4) is 0 Å². The molecule has 4 N–H and O–H groups in total. The molecule has 0 aromatic heterocycles. The van der Waals surface area contributed by atoms with Crippen molar-refractivity contribution in [1.82, 2.24) is 0 Å². The Morgan fingerprint density at radius 2 is 2.00 bits per heavy atom. The summed E-state index contributed by atoms with van der Waals surface area (Å²) in [6.07, 6.45) is 0.0205. The molecule has 0 aliphatic heterocycles. The maximum Gasteiger partial charge on any atom is 0.126 e. The third-order valence-electron chi connectivity index (χ3n) is 2.15. The second kappa shape index (κ2) is 4.50. The van der Waals surface area contributed by atoms with Crippen molar-refractivity contribution in [3.05, 3.63) is 35.6 Å². The summed E-state index contributed by atoms with van der Waals surface area (Å²) in [5, 5.41) is 18.6. The predicted molar refractivity (Wildman–Crippen MR) is 51.2 cm³/mol. The van der Waals surface area contributed by atoms with Gasteiger partial charge in [0.05, 0.1) is 6.61 Å². The zero-order valence-corrected chi connectivity index (χ0v) is 7.78. The average Bonchev–Trinajstić information content (AvgIpc) is 2.21. The van der Waals surface area contributed by atoms with Gasteiger partial charge in [-0.25, -0.2) is 4.39 Å². The van der Waals surface area contributed by atoms with Crippen molar-refractivity contribution in [1.29, 1.82) is 0 Å². The van der Waals surface area contributed by atoms with Crippen LogP contribution in [0.1, 0.15) is 5.56 Å². The summed E-state index contributed by atoms with van der Waals surface area (Å²) in [6, 6.07) is 6.11. The molecule has 0 aliphatic carbocycles. The van der Waals surface area contributed by atoms with Crippen molar-refractivity contribution < 1.29 is 14.6 Å². The van der Waals surface area contributed by atoms with E-state index in [9.17, 15) is 9.50 Å². The van der Waals surface area contributed by atoms with E-state index in [2.05, 4.69) is 0 Å². The van der Waals surface area contributed by atoms with Crippen LogP contribution in [-0.4, -0.2) is 29.0 Å². The summed E-state index contributed by atoms with van der Waals surface area (Å²) in [5.74, 6) is -0.396. The fourth-order valence-electron chi connectivity index (χ4n) is 1.19. The maximum absolute atomic E-state index is 13.2. The smallest absolute Gasteiger partial charge is 0.126 e. The van der Waals surface area contributed by atoms with Crippen LogP contribution in [0.4, 0.5) is 4.39 Å². The highest BCUT2D eigenvalue weighted by Gasteiger charge is 2.25. The van der Waals surface area contributed by atoms with E-state index in [0.717, 1.165) is 0 Å². The third-order valence-corrected chi connectivity index (χ3v) is 2.15. The molecule has 1 aromatic carbocycles. The van der Waals surface area contributed by atoms with Gasteiger partial charge in [-0.15, -0.1) is 0 Å². The topological polar surface area (TPSA) is 66.5 Å². The van der Waals surface area contributed by atoms with Gasteiger partial charge in [0.15, 0.2) is 0 Å². The molecule has 1 unspecified atom stereocenters. The van der Waals surface area contributed by atoms with E-state index in [1.54, 1.807) is 18.2 Å². The van der Waals surface area contributed by atoms with Gasteiger partial charge in [0, 0.05) is 13.0 Å². The van der Waals surface area contributed by atoms with Crippen LogP contribution in [0.15, 0.2) is 24.3 Å². The molecule has 0 fully saturated rings. The Bertz CT molecular complexity index is 300. The lowest BCUT2D eigenvalue weighted by Gasteiger charge is -2.23. The van der Waals surface area contributed by atoms with Crippen molar-refractivity contribution in [3.63, 3.8) is 0 Å². The van der Waals surface area contributed by atoms with E-state index in [4.69, 9.17) is 10.8 Å². The molecule has 1 rings (SSSR count). The Morgan fingerprint density at radius 3 is 2.50 bits per heavy atom. The molecule has 0 aliphatic rings. The summed E-state index contributed by atoms with van der Waals surface area (Å²) < 4.78 is 13.2. The molecule has 78 valence electrons. The van der Waals surface area contributed by atoms with Crippen molar-refractivity contribution in [2.24, 2.45) is 5.73 Å². The van der Waals surface area contributed by atoms with Gasteiger partial charge in [-0.05, 0) is 11.6 Å². The minimum Gasteiger partial charge on any atom is -0.393 e. The lowest BCUT2D eigenvalue weighted by Crippen LogP contribution is -2.43. The summed E-state index contributed by atoms with van der Waals surface area (Å²) >= 11 is 0. The number of halogens is 1. The molecular weight excluding hydrogens is 185 g/mol. The van der Waals surface area contributed by atoms with Gasteiger partial charge in [-0.1, -0.05) is 18.2 Å². The van der Waals surface area contributed by atoms with Crippen molar-refractivity contribution in [2.75, 3.05) is 13.2 Å². The fourth-order valence-corrected chi connectivity index (χ4v) is 1.19. The van der Waals surface area contributed by atoms with Crippen LogP contribution in [-0.2, 0) is 6.42 Å². The van der Waals surface area contributed by atoms with E-state index < -0.39 is 18.0 Å². The minimum atomic E-state index is -1.43. The van der Waals surface area contributed by atoms with Crippen LogP contribution in [0, 0.1) is 5.82 Å². The molecule has 0 radical (unpaired) electrons. The molecule has 0 heterocycles. The summed E-state index contributed by atoms with van der Waals surface area (Å²) in [5.41, 5.74) is 4.21. The van der Waals surface area contributed by atoms with Crippen LogP contribution < -0.4 is 5.73 Å². The summed E-state index contributed by atoms with van der Waals surface area (Å²) in [4.78, 5) is 0. The average molecular weight is 199 g/mol. The Labute approximate surface area is 82.0 Å². The molecule has 14 heavy (non-hydrogen) atoms. The van der Waals surface area contributed by atoms with Gasteiger partial charge in [0.2, 0.25) is 0 Å². The minimum absolute atomic E-state index is 0.0205. The van der Waals surface area contributed by atoms with Gasteiger partial charge in [0.1, 0.15) is 11.4 Å². The molecule has 0 amide bonds. The zero-order valence-electron chi connectivity index (χ0n) is 7.78. The lowest BCUT2D eigenvalue weighted by molar-refractivity contribution is -0.00671. The first-order valence-corrected chi connectivity index (χ1v) is 4.38. The van der Waals surface area contributed by atoms with E-state index in [-0.39, 0.29) is 13.0 Å². The quantitative estimate of drug-likeness (QED) is 0.642. The lowest BCUT2D eigenvalue weighted by atomic mass is 9.95. The van der Waals surface area contributed by atoms with E-state index >= 15 is 0 Å². The van der Waals surface area contributed by atoms with Crippen LogP contribution in [0.25, 0.3) is 0 Å². The molecule has 0 saturated carbocycles. The van der Waals surface area contributed by atoms with Crippen LogP contribution in [0.5, 0.6) is 0 Å². The molecule has 3 nitrogen and oxygen atoms in total. The molecule has 0 spiro atoms. The Hall–Kier alpha value is -0.970. The Kier molecular flexibility index (Phi) is 3.57.